The number of para-hydroxylation sites is 2. The first-order chi connectivity index (χ1) is 9.34. The van der Waals surface area contributed by atoms with Crippen molar-refractivity contribution < 1.29 is 0 Å². The summed E-state index contributed by atoms with van der Waals surface area (Å²) < 4.78 is 0. The molecule has 19 heavy (non-hydrogen) atoms. The highest BCUT2D eigenvalue weighted by atomic mass is 15.2. The molecule has 0 saturated heterocycles. The van der Waals surface area contributed by atoms with Crippen LogP contribution in [0.5, 0.6) is 0 Å². The van der Waals surface area contributed by atoms with E-state index in [1.54, 1.807) is 0 Å². The Morgan fingerprint density at radius 2 is 1.74 bits per heavy atom. The van der Waals surface area contributed by atoms with Crippen LogP contribution in [0.4, 0.5) is 17.1 Å². The van der Waals surface area contributed by atoms with Gasteiger partial charge >= 0.3 is 0 Å². The summed E-state index contributed by atoms with van der Waals surface area (Å²) in [4.78, 5) is 2.42. The first kappa shape index (κ1) is 12.1. The summed E-state index contributed by atoms with van der Waals surface area (Å²) in [5.74, 6) is 0. The molecule has 1 N–H and O–H groups in total. The highest BCUT2D eigenvalue weighted by Gasteiger charge is 2.14. The normalized spacial score (nSPS) is 15.1. The Morgan fingerprint density at radius 3 is 2.58 bits per heavy atom. The number of nitrogens with zero attached hydrogens (tertiary/aromatic N) is 1. The number of hydrogen-bond acceptors (Lipinski definition) is 2. The zero-order chi connectivity index (χ0) is 13.1. The van der Waals surface area contributed by atoms with Gasteiger partial charge in [-0.05, 0) is 44.0 Å². The molecule has 2 nitrogen and oxygen atoms in total. The van der Waals surface area contributed by atoms with Gasteiger partial charge in [0, 0.05) is 18.8 Å². The van der Waals surface area contributed by atoms with E-state index in [4.69, 9.17) is 0 Å². The molecule has 2 aromatic carbocycles. The van der Waals surface area contributed by atoms with Gasteiger partial charge in [0.05, 0.1) is 11.4 Å². The monoisotopic (exact) mass is 252 g/mol. The minimum absolute atomic E-state index is 1.07. The van der Waals surface area contributed by atoms with Crippen molar-refractivity contribution in [1.29, 1.82) is 0 Å². The smallest absolute Gasteiger partial charge is 0.0646 e. The predicted octanol–water partition coefficient (Wildman–Crippen LogP) is 4.34. The molecule has 0 atom stereocenters. The molecule has 0 amide bonds. The number of anilines is 3. The number of rotatable bonds is 1. The first-order valence-corrected chi connectivity index (χ1v) is 7.02. The standard InChI is InChI=1S/C17H20N2/c1-14-8-10-15(11-9-14)19-13-5-4-12-18-16-6-2-3-7-17(16)19/h2-3,6-11,18H,4-5,12-13H2,1H3. The molecule has 1 aliphatic rings. The Morgan fingerprint density at radius 1 is 0.947 bits per heavy atom. The van der Waals surface area contributed by atoms with Crippen LogP contribution in [-0.4, -0.2) is 13.1 Å². The van der Waals surface area contributed by atoms with Crippen molar-refractivity contribution in [3.63, 3.8) is 0 Å². The molecule has 0 aliphatic carbocycles. The third kappa shape index (κ3) is 2.58. The van der Waals surface area contributed by atoms with E-state index in [1.807, 2.05) is 0 Å². The molecule has 1 heterocycles. The second-order valence-corrected chi connectivity index (χ2v) is 5.14. The van der Waals surface area contributed by atoms with Gasteiger partial charge in [-0.15, -0.1) is 0 Å². The van der Waals surface area contributed by atoms with Crippen molar-refractivity contribution in [3.8, 4) is 0 Å². The van der Waals surface area contributed by atoms with Gasteiger partial charge in [0.15, 0.2) is 0 Å². The maximum Gasteiger partial charge on any atom is 0.0646 e. The lowest BCUT2D eigenvalue weighted by atomic mass is 10.1. The molecule has 2 aromatic rings. The molecular weight excluding hydrogens is 232 g/mol. The van der Waals surface area contributed by atoms with Crippen molar-refractivity contribution in [1.82, 2.24) is 0 Å². The highest BCUT2D eigenvalue weighted by molar-refractivity contribution is 5.76. The van der Waals surface area contributed by atoms with E-state index in [2.05, 4.69) is 65.7 Å². The fourth-order valence-electron chi connectivity index (χ4n) is 2.59. The van der Waals surface area contributed by atoms with Gasteiger partial charge in [0.25, 0.3) is 0 Å². The van der Waals surface area contributed by atoms with Crippen LogP contribution in [0.2, 0.25) is 0 Å². The van der Waals surface area contributed by atoms with Crippen LogP contribution >= 0.6 is 0 Å². The van der Waals surface area contributed by atoms with Gasteiger partial charge in [0.1, 0.15) is 0 Å². The van der Waals surface area contributed by atoms with E-state index < -0.39 is 0 Å². The van der Waals surface area contributed by atoms with Crippen LogP contribution in [-0.2, 0) is 0 Å². The summed E-state index contributed by atoms with van der Waals surface area (Å²) in [6.07, 6.45) is 2.44. The Balaban J connectivity index is 2.02. The molecular formula is C17H20N2. The topological polar surface area (TPSA) is 15.3 Å². The quantitative estimate of drug-likeness (QED) is 0.812. The number of nitrogens with one attached hydrogen (secondary N) is 1. The lowest BCUT2D eigenvalue weighted by Gasteiger charge is -2.29. The Bertz CT molecular complexity index is 545. The predicted molar refractivity (Wildman–Crippen MR) is 82.4 cm³/mol. The van der Waals surface area contributed by atoms with Crippen molar-refractivity contribution in [2.75, 3.05) is 23.3 Å². The van der Waals surface area contributed by atoms with Crippen molar-refractivity contribution in [2.24, 2.45) is 0 Å². The van der Waals surface area contributed by atoms with E-state index in [-0.39, 0.29) is 0 Å². The SMILES string of the molecule is Cc1ccc(N2CCCCNc3ccccc32)cc1. The van der Waals surface area contributed by atoms with Gasteiger partial charge in [-0.3, -0.25) is 0 Å². The molecule has 0 saturated carbocycles. The minimum Gasteiger partial charge on any atom is -0.383 e. The Labute approximate surface area is 115 Å². The number of benzene rings is 2. The molecule has 0 unspecified atom stereocenters. The molecule has 0 spiro atoms. The van der Waals surface area contributed by atoms with Gasteiger partial charge in [-0.1, -0.05) is 29.8 Å². The van der Waals surface area contributed by atoms with Crippen molar-refractivity contribution >= 4 is 17.1 Å². The Kier molecular flexibility index (Phi) is 3.41. The summed E-state index contributed by atoms with van der Waals surface area (Å²) >= 11 is 0. The summed E-state index contributed by atoms with van der Waals surface area (Å²) in [7, 11) is 0. The van der Waals surface area contributed by atoms with Crippen molar-refractivity contribution in [3.05, 3.63) is 54.1 Å². The first-order valence-electron chi connectivity index (χ1n) is 7.02. The third-order valence-corrected chi connectivity index (χ3v) is 3.66. The van der Waals surface area contributed by atoms with Gasteiger partial charge in [0.2, 0.25) is 0 Å². The van der Waals surface area contributed by atoms with Crippen LogP contribution in [0, 0.1) is 6.92 Å². The summed E-state index contributed by atoms with van der Waals surface area (Å²) in [6, 6.07) is 17.4. The zero-order valence-corrected chi connectivity index (χ0v) is 11.4. The van der Waals surface area contributed by atoms with E-state index in [0.29, 0.717) is 0 Å². The Hall–Kier alpha value is -1.96. The van der Waals surface area contributed by atoms with E-state index in [9.17, 15) is 0 Å². The number of fused-ring (bicyclic) bond motifs is 1. The summed E-state index contributed by atoms with van der Waals surface area (Å²) in [6.45, 7) is 4.28. The second kappa shape index (κ2) is 5.35. The fourth-order valence-corrected chi connectivity index (χ4v) is 2.59. The summed E-state index contributed by atoms with van der Waals surface area (Å²) in [5, 5.41) is 3.53. The molecule has 0 radical (unpaired) electrons. The van der Waals surface area contributed by atoms with E-state index in [0.717, 1.165) is 13.1 Å². The second-order valence-electron chi connectivity index (χ2n) is 5.14. The van der Waals surface area contributed by atoms with Gasteiger partial charge in [-0.2, -0.15) is 0 Å². The van der Waals surface area contributed by atoms with Crippen LogP contribution in [0.25, 0.3) is 0 Å². The third-order valence-electron chi connectivity index (χ3n) is 3.66. The molecule has 0 aromatic heterocycles. The summed E-state index contributed by atoms with van der Waals surface area (Å²) in [5.41, 5.74) is 5.11. The fraction of sp³-hybridized carbons (Fsp3) is 0.294. The highest BCUT2D eigenvalue weighted by Crippen LogP contribution is 2.33. The number of hydrogen-bond donors (Lipinski definition) is 1. The van der Waals surface area contributed by atoms with E-state index in [1.165, 1.54) is 35.5 Å². The lowest BCUT2D eigenvalue weighted by molar-refractivity contribution is 0.747. The minimum atomic E-state index is 1.07. The zero-order valence-electron chi connectivity index (χ0n) is 11.4. The molecule has 2 heteroatoms. The average molecular weight is 252 g/mol. The van der Waals surface area contributed by atoms with Crippen LogP contribution < -0.4 is 10.2 Å². The average Bonchev–Trinajstić information content (AvgIpc) is 2.42. The van der Waals surface area contributed by atoms with Gasteiger partial charge in [-0.25, -0.2) is 0 Å². The molecule has 1 aliphatic heterocycles. The molecule has 98 valence electrons. The maximum absolute atomic E-state index is 3.53. The van der Waals surface area contributed by atoms with E-state index >= 15 is 0 Å². The largest absolute Gasteiger partial charge is 0.383 e. The maximum atomic E-state index is 3.53. The van der Waals surface area contributed by atoms with Gasteiger partial charge < -0.3 is 10.2 Å². The van der Waals surface area contributed by atoms with Crippen LogP contribution in [0.15, 0.2) is 48.5 Å². The van der Waals surface area contributed by atoms with Crippen LogP contribution in [0.3, 0.4) is 0 Å². The molecule has 3 rings (SSSR count). The molecule has 0 bridgehead atoms. The number of aryl methyl sites for hydroxylation is 1. The molecule has 0 fully saturated rings. The van der Waals surface area contributed by atoms with Crippen molar-refractivity contribution in [2.45, 2.75) is 19.8 Å². The van der Waals surface area contributed by atoms with Crippen LogP contribution in [0.1, 0.15) is 18.4 Å². The lowest BCUT2D eigenvalue weighted by Crippen LogP contribution is -2.23.